The summed E-state index contributed by atoms with van der Waals surface area (Å²) >= 11 is 0. The van der Waals surface area contributed by atoms with E-state index in [-0.39, 0.29) is 5.91 Å². The molecule has 0 unspecified atom stereocenters. The van der Waals surface area contributed by atoms with Crippen molar-refractivity contribution in [1.29, 1.82) is 5.26 Å². The largest absolute Gasteiger partial charge is 0.384 e. The third kappa shape index (κ3) is 4.64. The highest BCUT2D eigenvalue weighted by molar-refractivity contribution is 5.91. The highest BCUT2D eigenvalue weighted by Gasteiger charge is 2.02. The molecule has 2 N–H and O–H groups in total. The van der Waals surface area contributed by atoms with Gasteiger partial charge in [0.05, 0.1) is 11.6 Å². The summed E-state index contributed by atoms with van der Waals surface area (Å²) < 4.78 is 0. The number of rotatable bonds is 6. The lowest BCUT2D eigenvalue weighted by Gasteiger charge is -2.08. The molecule has 0 saturated heterocycles. The number of aryl methyl sites for hydroxylation is 1. The molecule has 0 heterocycles. The molecule has 2 aromatic rings. The first-order chi connectivity index (χ1) is 10.7. The van der Waals surface area contributed by atoms with E-state index >= 15 is 0 Å². The van der Waals surface area contributed by atoms with Crippen molar-refractivity contribution in [3.63, 3.8) is 0 Å². The van der Waals surface area contributed by atoms with E-state index in [1.165, 1.54) is 5.56 Å². The van der Waals surface area contributed by atoms with Crippen LogP contribution in [-0.4, -0.2) is 12.5 Å². The fourth-order valence-electron chi connectivity index (χ4n) is 2.07. The Bertz CT molecular complexity index is 671. The van der Waals surface area contributed by atoms with Crippen molar-refractivity contribution in [2.75, 3.05) is 17.2 Å². The zero-order valence-corrected chi connectivity index (χ0v) is 12.6. The van der Waals surface area contributed by atoms with E-state index in [9.17, 15) is 4.79 Å². The Labute approximate surface area is 130 Å². The van der Waals surface area contributed by atoms with Crippen molar-refractivity contribution in [3.8, 4) is 6.07 Å². The summed E-state index contributed by atoms with van der Waals surface area (Å²) in [6.45, 7) is 2.62. The first-order valence-electron chi connectivity index (χ1n) is 7.34. The van der Waals surface area contributed by atoms with Gasteiger partial charge in [0.15, 0.2) is 0 Å². The van der Waals surface area contributed by atoms with E-state index in [4.69, 9.17) is 5.26 Å². The SMILES string of the molecule is CCc1ccc(NC(=O)CCNc2cccc(C#N)c2)cc1. The summed E-state index contributed by atoms with van der Waals surface area (Å²) in [6, 6.07) is 17.2. The summed E-state index contributed by atoms with van der Waals surface area (Å²) in [4.78, 5) is 11.9. The molecule has 0 radical (unpaired) electrons. The van der Waals surface area contributed by atoms with Gasteiger partial charge in [-0.3, -0.25) is 4.79 Å². The number of benzene rings is 2. The molecule has 0 atom stereocenters. The Balaban J connectivity index is 1.78. The molecule has 0 fully saturated rings. The van der Waals surface area contributed by atoms with Crippen molar-refractivity contribution < 1.29 is 4.79 Å². The summed E-state index contributed by atoms with van der Waals surface area (Å²) in [5, 5.41) is 14.8. The van der Waals surface area contributed by atoms with E-state index in [2.05, 4.69) is 23.6 Å². The zero-order valence-electron chi connectivity index (χ0n) is 12.6. The first-order valence-corrected chi connectivity index (χ1v) is 7.34. The second kappa shape index (κ2) is 7.84. The Kier molecular flexibility index (Phi) is 5.56. The van der Waals surface area contributed by atoms with Gasteiger partial charge >= 0.3 is 0 Å². The summed E-state index contributed by atoms with van der Waals surface area (Å²) in [5.41, 5.74) is 3.51. The van der Waals surface area contributed by atoms with E-state index in [1.54, 1.807) is 12.1 Å². The minimum Gasteiger partial charge on any atom is -0.384 e. The molecular formula is C18H19N3O. The van der Waals surface area contributed by atoms with Crippen LogP contribution in [0.15, 0.2) is 48.5 Å². The molecule has 0 aliphatic carbocycles. The van der Waals surface area contributed by atoms with Gasteiger partial charge < -0.3 is 10.6 Å². The summed E-state index contributed by atoms with van der Waals surface area (Å²) in [6.07, 6.45) is 1.35. The third-order valence-corrected chi connectivity index (χ3v) is 3.32. The van der Waals surface area contributed by atoms with E-state index in [0.29, 0.717) is 18.5 Å². The van der Waals surface area contributed by atoms with Crippen molar-refractivity contribution in [1.82, 2.24) is 0 Å². The van der Waals surface area contributed by atoms with Gasteiger partial charge in [-0.2, -0.15) is 5.26 Å². The van der Waals surface area contributed by atoms with E-state index < -0.39 is 0 Å². The summed E-state index contributed by atoms with van der Waals surface area (Å²) in [5.74, 6) is -0.0341. The fraction of sp³-hybridized carbons (Fsp3) is 0.222. The quantitative estimate of drug-likeness (QED) is 0.856. The van der Waals surface area contributed by atoms with Gasteiger partial charge in [-0.15, -0.1) is 0 Å². The van der Waals surface area contributed by atoms with Crippen LogP contribution in [0.5, 0.6) is 0 Å². The molecule has 2 aromatic carbocycles. The second-order valence-electron chi connectivity index (χ2n) is 4.97. The number of carbonyl (C=O) groups is 1. The number of nitrogens with zero attached hydrogens (tertiary/aromatic N) is 1. The first kappa shape index (κ1) is 15.6. The normalized spacial score (nSPS) is 9.82. The molecule has 1 amide bonds. The van der Waals surface area contributed by atoms with Crippen LogP contribution in [0.3, 0.4) is 0 Å². The maximum absolute atomic E-state index is 11.9. The minimum absolute atomic E-state index is 0.0341. The standard InChI is InChI=1S/C18H19N3O/c1-2-14-6-8-16(9-7-14)21-18(22)10-11-20-17-5-3-4-15(12-17)13-19/h3-9,12,20H,2,10-11H2,1H3,(H,21,22). The van der Waals surface area contributed by atoms with Crippen LogP contribution >= 0.6 is 0 Å². The molecule has 2 rings (SSSR count). The van der Waals surface area contributed by atoms with E-state index in [1.807, 2.05) is 36.4 Å². The Morgan fingerprint density at radius 3 is 2.59 bits per heavy atom. The molecule has 4 nitrogen and oxygen atoms in total. The predicted octanol–water partition coefficient (Wildman–Crippen LogP) is 3.56. The molecule has 0 spiro atoms. The van der Waals surface area contributed by atoms with Crippen molar-refractivity contribution >= 4 is 17.3 Å². The number of hydrogen-bond donors (Lipinski definition) is 2. The molecule has 22 heavy (non-hydrogen) atoms. The van der Waals surface area contributed by atoms with Crippen LogP contribution in [-0.2, 0) is 11.2 Å². The molecule has 4 heteroatoms. The number of carbonyl (C=O) groups excluding carboxylic acids is 1. The van der Waals surface area contributed by atoms with Crippen LogP contribution in [0.25, 0.3) is 0 Å². The predicted molar refractivity (Wildman–Crippen MR) is 88.7 cm³/mol. The maximum atomic E-state index is 11.9. The number of nitrogens with one attached hydrogen (secondary N) is 2. The number of hydrogen-bond acceptors (Lipinski definition) is 3. The Morgan fingerprint density at radius 2 is 1.91 bits per heavy atom. The van der Waals surface area contributed by atoms with Gasteiger partial charge in [-0.1, -0.05) is 25.1 Å². The molecule has 0 saturated carbocycles. The molecule has 112 valence electrons. The van der Waals surface area contributed by atoms with Crippen LogP contribution in [0, 0.1) is 11.3 Å². The average molecular weight is 293 g/mol. The van der Waals surface area contributed by atoms with Crippen LogP contribution in [0.4, 0.5) is 11.4 Å². The lowest BCUT2D eigenvalue weighted by atomic mass is 10.1. The third-order valence-electron chi connectivity index (χ3n) is 3.32. The summed E-state index contributed by atoms with van der Waals surface area (Å²) in [7, 11) is 0. The van der Waals surface area contributed by atoms with Gasteiger partial charge in [0.2, 0.25) is 5.91 Å². The van der Waals surface area contributed by atoms with Crippen molar-refractivity contribution in [2.24, 2.45) is 0 Å². The second-order valence-corrected chi connectivity index (χ2v) is 4.97. The lowest BCUT2D eigenvalue weighted by Crippen LogP contribution is -2.16. The number of amides is 1. The molecule has 0 aliphatic rings. The molecule has 0 aliphatic heterocycles. The van der Waals surface area contributed by atoms with Gasteiger partial charge in [0, 0.05) is 24.3 Å². The number of nitriles is 1. The minimum atomic E-state index is -0.0341. The van der Waals surface area contributed by atoms with Crippen LogP contribution in [0.2, 0.25) is 0 Å². The maximum Gasteiger partial charge on any atom is 0.226 e. The molecule has 0 bridgehead atoms. The van der Waals surface area contributed by atoms with Gasteiger partial charge in [-0.05, 0) is 42.3 Å². The smallest absolute Gasteiger partial charge is 0.226 e. The van der Waals surface area contributed by atoms with Crippen LogP contribution in [0.1, 0.15) is 24.5 Å². The highest BCUT2D eigenvalue weighted by Crippen LogP contribution is 2.11. The van der Waals surface area contributed by atoms with E-state index in [0.717, 1.165) is 17.8 Å². The Hall–Kier alpha value is -2.80. The van der Waals surface area contributed by atoms with Crippen molar-refractivity contribution in [3.05, 3.63) is 59.7 Å². The van der Waals surface area contributed by atoms with Crippen LogP contribution < -0.4 is 10.6 Å². The highest BCUT2D eigenvalue weighted by atomic mass is 16.1. The van der Waals surface area contributed by atoms with Gasteiger partial charge in [-0.25, -0.2) is 0 Å². The van der Waals surface area contributed by atoms with Gasteiger partial charge in [0.25, 0.3) is 0 Å². The lowest BCUT2D eigenvalue weighted by molar-refractivity contribution is -0.115. The Morgan fingerprint density at radius 1 is 1.14 bits per heavy atom. The van der Waals surface area contributed by atoms with Gasteiger partial charge in [0.1, 0.15) is 0 Å². The topological polar surface area (TPSA) is 64.9 Å². The monoisotopic (exact) mass is 293 g/mol. The molecule has 0 aromatic heterocycles. The zero-order chi connectivity index (χ0) is 15.8. The molecular weight excluding hydrogens is 274 g/mol. The average Bonchev–Trinajstić information content (AvgIpc) is 2.56. The number of anilines is 2. The van der Waals surface area contributed by atoms with Crippen molar-refractivity contribution in [2.45, 2.75) is 19.8 Å². The fourth-order valence-corrected chi connectivity index (χ4v) is 2.07.